The molecule has 170 valence electrons. The summed E-state index contributed by atoms with van der Waals surface area (Å²) in [5.41, 5.74) is 7.79. The lowest BCUT2D eigenvalue weighted by molar-refractivity contribution is -0.132. The van der Waals surface area contributed by atoms with Crippen molar-refractivity contribution in [3.8, 4) is 5.75 Å². The van der Waals surface area contributed by atoms with Gasteiger partial charge in [0.15, 0.2) is 6.10 Å². The van der Waals surface area contributed by atoms with Crippen LogP contribution in [0.25, 0.3) is 0 Å². The minimum absolute atomic E-state index is 0.0277. The molecule has 0 aliphatic carbocycles. The molecule has 1 aliphatic heterocycles. The van der Waals surface area contributed by atoms with E-state index in [1.807, 2.05) is 42.5 Å². The molecule has 0 saturated carbocycles. The fraction of sp³-hybridized carbons (Fsp3) is 0.348. The van der Waals surface area contributed by atoms with E-state index in [0.717, 1.165) is 16.0 Å². The van der Waals surface area contributed by atoms with Crippen LogP contribution in [0.3, 0.4) is 0 Å². The number of carbonyl (C=O) groups is 2. The maximum atomic E-state index is 13.1. The first-order valence-corrected chi connectivity index (χ1v) is 10.2. The monoisotopic (exact) mass is 441 g/mol. The molecule has 1 unspecified atom stereocenters. The molecular formula is C23H27N3O6. The molecule has 9 nitrogen and oxygen atoms in total. The van der Waals surface area contributed by atoms with E-state index in [9.17, 15) is 9.59 Å². The third-order valence-corrected chi connectivity index (χ3v) is 4.93. The van der Waals surface area contributed by atoms with Crippen molar-refractivity contribution in [3.63, 3.8) is 0 Å². The van der Waals surface area contributed by atoms with Crippen LogP contribution < -0.4 is 10.5 Å². The van der Waals surface area contributed by atoms with Gasteiger partial charge in [-0.2, -0.15) is 0 Å². The van der Waals surface area contributed by atoms with Gasteiger partial charge in [0.2, 0.25) is 11.8 Å². The summed E-state index contributed by atoms with van der Waals surface area (Å²) in [6.45, 7) is -0.0332. The van der Waals surface area contributed by atoms with Gasteiger partial charge in [-0.1, -0.05) is 47.6 Å². The van der Waals surface area contributed by atoms with E-state index in [2.05, 4.69) is 5.16 Å². The van der Waals surface area contributed by atoms with Crippen LogP contribution >= 0.6 is 0 Å². The molecule has 0 fully saturated rings. The summed E-state index contributed by atoms with van der Waals surface area (Å²) in [5, 5.41) is 3.79. The molecule has 1 heterocycles. The quantitative estimate of drug-likeness (QED) is 0.670. The van der Waals surface area contributed by atoms with Gasteiger partial charge in [-0.15, -0.1) is 0 Å². The molecule has 2 atom stereocenters. The Morgan fingerprint density at radius 3 is 2.56 bits per heavy atom. The van der Waals surface area contributed by atoms with Crippen molar-refractivity contribution in [1.82, 2.24) is 4.90 Å². The molecule has 0 aromatic heterocycles. The number of oxime groups is 1. The molecule has 3 rings (SSSR count). The number of hydrogen-bond donors (Lipinski definition) is 1. The zero-order valence-corrected chi connectivity index (χ0v) is 18.1. The van der Waals surface area contributed by atoms with E-state index in [-0.39, 0.29) is 19.6 Å². The molecule has 0 saturated heterocycles. The number of ether oxygens (including phenoxy) is 3. The van der Waals surface area contributed by atoms with Crippen LogP contribution in [0.4, 0.5) is 4.79 Å². The predicted octanol–water partition coefficient (Wildman–Crippen LogP) is 2.48. The van der Waals surface area contributed by atoms with Gasteiger partial charge in [0, 0.05) is 0 Å². The summed E-state index contributed by atoms with van der Waals surface area (Å²) in [7, 11) is 3.04. The average molecular weight is 441 g/mol. The largest absolute Gasteiger partial charge is 0.497 e. The van der Waals surface area contributed by atoms with Crippen LogP contribution in [0.1, 0.15) is 17.5 Å². The number of nitrogens with two attached hydrogens (primary N) is 1. The van der Waals surface area contributed by atoms with Gasteiger partial charge < -0.3 is 24.8 Å². The van der Waals surface area contributed by atoms with E-state index >= 15 is 0 Å². The highest BCUT2D eigenvalue weighted by atomic mass is 16.7. The summed E-state index contributed by atoms with van der Waals surface area (Å²) >= 11 is 0. The zero-order chi connectivity index (χ0) is 22.9. The van der Waals surface area contributed by atoms with Crippen LogP contribution in [-0.2, 0) is 32.1 Å². The van der Waals surface area contributed by atoms with Crippen LogP contribution in [0.5, 0.6) is 5.75 Å². The smallest absolute Gasteiger partial charge is 0.417 e. The second-order valence-corrected chi connectivity index (χ2v) is 7.27. The molecule has 0 bridgehead atoms. The lowest BCUT2D eigenvalue weighted by Crippen LogP contribution is -2.50. The van der Waals surface area contributed by atoms with E-state index in [1.165, 1.54) is 7.11 Å². The minimum Gasteiger partial charge on any atom is -0.497 e. The number of imide groups is 1. The third-order valence-electron chi connectivity index (χ3n) is 4.93. The summed E-state index contributed by atoms with van der Waals surface area (Å²) in [6.07, 6.45) is -0.780. The first-order chi connectivity index (χ1) is 15.5. The Balaban J connectivity index is 1.69. The van der Waals surface area contributed by atoms with Crippen LogP contribution in [0.15, 0.2) is 59.8 Å². The van der Waals surface area contributed by atoms with Crippen molar-refractivity contribution in [2.45, 2.75) is 31.6 Å². The predicted molar refractivity (Wildman–Crippen MR) is 117 cm³/mol. The molecule has 0 spiro atoms. The van der Waals surface area contributed by atoms with Crippen LogP contribution in [-0.4, -0.2) is 55.7 Å². The highest BCUT2D eigenvalue weighted by Crippen LogP contribution is 2.17. The number of amides is 2. The van der Waals surface area contributed by atoms with Gasteiger partial charge in [0.1, 0.15) is 12.4 Å². The van der Waals surface area contributed by atoms with Crippen LogP contribution in [0, 0.1) is 0 Å². The molecule has 2 N–H and O–H groups in total. The van der Waals surface area contributed by atoms with Crippen molar-refractivity contribution in [2.75, 3.05) is 20.8 Å². The van der Waals surface area contributed by atoms with E-state index in [1.54, 1.807) is 19.2 Å². The van der Waals surface area contributed by atoms with Crippen molar-refractivity contribution >= 4 is 17.9 Å². The van der Waals surface area contributed by atoms with E-state index in [4.69, 9.17) is 24.8 Å². The number of benzene rings is 2. The number of carbonyl (C=O) groups excluding carboxylic acids is 2. The van der Waals surface area contributed by atoms with Crippen molar-refractivity contribution < 1.29 is 28.6 Å². The SMILES string of the molecule is COC1=NOC(CN(C(=O)OCc2ccccc2)C(=O)[C@@H](N)Cc2cccc(OC)c2)C1. The molecule has 9 heteroatoms. The van der Waals surface area contributed by atoms with Crippen LogP contribution in [0.2, 0.25) is 0 Å². The summed E-state index contributed by atoms with van der Waals surface area (Å²) in [4.78, 5) is 32.2. The normalized spacial score (nSPS) is 15.8. The molecule has 2 amide bonds. The highest BCUT2D eigenvalue weighted by molar-refractivity contribution is 5.95. The third kappa shape index (κ3) is 6.21. The molecule has 2 aromatic carbocycles. The second-order valence-electron chi connectivity index (χ2n) is 7.27. The van der Waals surface area contributed by atoms with Crippen molar-refractivity contribution in [1.29, 1.82) is 0 Å². The maximum Gasteiger partial charge on any atom is 0.417 e. The number of rotatable bonds is 8. The Labute approximate surface area is 186 Å². The molecule has 32 heavy (non-hydrogen) atoms. The van der Waals surface area contributed by atoms with Crippen molar-refractivity contribution in [3.05, 3.63) is 65.7 Å². The Morgan fingerprint density at radius 1 is 1.12 bits per heavy atom. The number of methoxy groups -OCH3 is 2. The topological polar surface area (TPSA) is 113 Å². The van der Waals surface area contributed by atoms with E-state index in [0.29, 0.717) is 18.1 Å². The van der Waals surface area contributed by atoms with E-state index < -0.39 is 24.1 Å². The number of nitrogens with zero attached hydrogens (tertiary/aromatic N) is 2. The van der Waals surface area contributed by atoms with Gasteiger partial charge in [-0.3, -0.25) is 4.79 Å². The molecule has 2 aromatic rings. The van der Waals surface area contributed by atoms with Gasteiger partial charge in [-0.25, -0.2) is 9.69 Å². The Hall–Kier alpha value is -3.59. The number of hydrogen-bond acceptors (Lipinski definition) is 8. The van der Waals surface area contributed by atoms with Gasteiger partial charge in [0.25, 0.3) is 0 Å². The van der Waals surface area contributed by atoms with Crippen molar-refractivity contribution in [2.24, 2.45) is 10.9 Å². The fourth-order valence-electron chi connectivity index (χ4n) is 3.22. The lowest BCUT2D eigenvalue weighted by atomic mass is 10.0. The summed E-state index contributed by atoms with van der Waals surface area (Å²) in [6, 6.07) is 15.5. The Bertz CT molecular complexity index is 950. The molecular weight excluding hydrogens is 414 g/mol. The molecule has 0 radical (unpaired) electrons. The highest BCUT2D eigenvalue weighted by Gasteiger charge is 2.33. The molecule has 1 aliphatic rings. The standard InChI is InChI=1S/C23H27N3O6/c1-29-18-10-6-9-17(11-18)12-20(24)22(27)26(14-19-13-21(30-2)25-32-19)23(28)31-15-16-7-4-3-5-8-16/h3-11,19-20H,12-15,24H2,1-2H3/t19?,20-/m0/s1. The fourth-order valence-corrected chi connectivity index (χ4v) is 3.22. The summed E-state index contributed by atoms with van der Waals surface area (Å²) < 4.78 is 15.7. The van der Waals surface area contributed by atoms with Gasteiger partial charge in [0.05, 0.1) is 33.2 Å². The minimum atomic E-state index is -0.962. The average Bonchev–Trinajstić information content (AvgIpc) is 3.29. The van der Waals surface area contributed by atoms with Gasteiger partial charge >= 0.3 is 6.09 Å². The lowest BCUT2D eigenvalue weighted by Gasteiger charge is -2.25. The zero-order valence-electron chi connectivity index (χ0n) is 18.1. The summed E-state index contributed by atoms with van der Waals surface area (Å²) in [5.74, 6) is 0.478. The Kier molecular flexibility index (Phi) is 8.04. The first-order valence-electron chi connectivity index (χ1n) is 10.2. The Morgan fingerprint density at radius 2 is 1.88 bits per heavy atom. The van der Waals surface area contributed by atoms with Gasteiger partial charge in [-0.05, 0) is 29.7 Å². The second kappa shape index (κ2) is 11.1. The first kappa shape index (κ1) is 23.1. The maximum absolute atomic E-state index is 13.1.